The molecule has 3 N–H and O–H groups in total. The molecule has 0 aliphatic heterocycles. The Labute approximate surface area is 195 Å². The molecule has 15 heteroatoms. The van der Waals surface area contributed by atoms with E-state index in [9.17, 15) is 14.0 Å². The molecule has 28 heavy (non-hydrogen) atoms. The third-order valence-corrected chi connectivity index (χ3v) is 9.00. The summed E-state index contributed by atoms with van der Waals surface area (Å²) in [5.74, 6) is 0.783. The highest BCUT2D eigenvalue weighted by atomic mass is 35.5. The van der Waals surface area contributed by atoms with Crippen molar-refractivity contribution in [2.45, 2.75) is 43.5 Å². The molecule has 0 rings (SSSR count). The molecule has 0 fully saturated rings. The minimum atomic E-state index is -5.37. The predicted molar refractivity (Wildman–Crippen MR) is 115 cm³/mol. The van der Waals surface area contributed by atoms with Crippen LogP contribution in [0.15, 0.2) is 0 Å². The van der Waals surface area contributed by atoms with E-state index in [2.05, 4.69) is 4.31 Å². The molecule has 0 heterocycles. The lowest BCUT2D eigenvalue weighted by atomic mass is 9.58. The lowest BCUT2D eigenvalue weighted by molar-refractivity contribution is -0.0610. The lowest BCUT2D eigenvalue weighted by Gasteiger charge is -2.54. The van der Waals surface area contributed by atoms with Gasteiger partial charge in [0.15, 0.2) is 0 Å². The first-order valence-corrected chi connectivity index (χ1v) is 14.0. The molecule has 0 saturated heterocycles. The molecule has 0 amide bonds. The summed E-state index contributed by atoms with van der Waals surface area (Å²) in [4.78, 5) is 27.4. The first kappa shape index (κ1) is 30.0. The molecule has 0 aliphatic carbocycles. The van der Waals surface area contributed by atoms with Gasteiger partial charge in [-0.05, 0) is 37.5 Å². The molecule has 0 aliphatic rings. The van der Waals surface area contributed by atoms with Crippen molar-refractivity contribution < 1.29 is 32.6 Å². The van der Waals surface area contributed by atoms with E-state index in [4.69, 9.17) is 83.9 Å². The zero-order valence-electron chi connectivity index (χ0n) is 15.0. The van der Waals surface area contributed by atoms with Crippen molar-refractivity contribution in [1.29, 1.82) is 0 Å². The Hall–Kier alpha value is 2.00. The zero-order chi connectivity index (χ0) is 22.3. The van der Waals surface area contributed by atoms with Gasteiger partial charge in [0.05, 0.1) is 0 Å². The van der Waals surface area contributed by atoms with Crippen LogP contribution in [-0.2, 0) is 18.0 Å². The maximum absolute atomic E-state index is 12.1. The van der Waals surface area contributed by atoms with E-state index >= 15 is 0 Å². The Morgan fingerprint density at radius 2 is 1.25 bits per heavy atom. The van der Waals surface area contributed by atoms with Crippen LogP contribution >= 0.6 is 85.3 Å². The van der Waals surface area contributed by atoms with Gasteiger partial charge in [-0.15, -0.1) is 46.4 Å². The second kappa shape index (κ2) is 12.3. The number of phosphoric ester groups is 1. The molecule has 0 aromatic heterocycles. The SMILES string of the molecule is CC(CCCCl)(C(CCCl)(CCCl)CCCl)C(Cl)(Cl)OP(=O)(O)OP(=O)(O)O. The van der Waals surface area contributed by atoms with Crippen molar-refractivity contribution >= 4 is 85.3 Å². The topological polar surface area (TPSA) is 113 Å². The van der Waals surface area contributed by atoms with Crippen LogP contribution in [0, 0.1) is 10.8 Å². The summed E-state index contributed by atoms with van der Waals surface area (Å²) in [7, 11) is -10.7. The molecule has 0 aromatic rings. The first-order valence-electron chi connectivity index (χ1n) is 8.08. The Morgan fingerprint density at radius 3 is 1.57 bits per heavy atom. The van der Waals surface area contributed by atoms with E-state index < -0.39 is 31.0 Å². The molecule has 2 unspecified atom stereocenters. The molecule has 2 atom stereocenters. The highest BCUT2D eigenvalue weighted by Gasteiger charge is 2.61. The van der Waals surface area contributed by atoms with Crippen molar-refractivity contribution in [2.24, 2.45) is 10.8 Å². The van der Waals surface area contributed by atoms with Gasteiger partial charge in [-0.2, -0.15) is 4.31 Å². The summed E-state index contributed by atoms with van der Waals surface area (Å²) in [6, 6.07) is 0. The van der Waals surface area contributed by atoms with Gasteiger partial charge >= 0.3 is 15.6 Å². The van der Waals surface area contributed by atoms with E-state index in [0.717, 1.165) is 0 Å². The van der Waals surface area contributed by atoms with Crippen LogP contribution in [0.1, 0.15) is 39.0 Å². The summed E-state index contributed by atoms with van der Waals surface area (Å²) in [6.45, 7) is 1.60. The molecule has 0 saturated carbocycles. The van der Waals surface area contributed by atoms with Gasteiger partial charge in [0.1, 0.15) is 0 Å². The predicted octanol–water partition coefficient (Wildman–Crippen LogP) is 6.24. The molecule has 7 nitrogen and oxygen atoms in total. The monoisotopic (exact) mass is 564 g/mol. The first-order chi connectivity index (χ1) is 12.7. The standard InChI is InChI=1S/C13H24Cl6O7P2/c1-11(3-2-7-14,12(4-8-15,5-9-16)6-10-17)13(18,19)25-28(23,24)26-27(20,21)22/h2-10H2,1H3,(H,23,24)(H2,20,21,22). The largest absolute Gasteiger partial charge is 0.483 e. The maximum Gasteiger partial charge on any atom is 0.483 e. The molecule has 0 spiro atoms. The summed E-state index contributed by atoms with van der Waals surface area (Å²) in [5, 5.41) is 0. The van der Waals surface area contributed by atoms with Crippen molar-refractivity contribution in [3.63, 3.8) is 0 Å². The molecule has 0 radical (unpaired) electrons. The van der Waals surface area contributed by atoms with Crippen molar-refractivity contribution in [2.75, 3.05) is 23.5 Å². The van der Waals surface area contributed by atoms with Gasteiger partial charge in [-0.3, -0.25) is 0 Å². The fourth-order valence-corrected chi connectivity index (χ4v) is 7.31. The second-order valence-electron chi connectivity index (χ2n) is 6.37. The summed E-state index contributed by atoms with van der Waals surface area (Å²) >= 11 is 36.6. The second-order valence-corrected chi connectivity index (χ2v) is 11.9. The number of phosphoric acid groups is 2. The highest BCUT2D eigenvalue weighted by Crippen LogP contribution is 2.67. The average molecular weight is 567 g/mol. The van der Waals surface area contributed by atoms with Crippen LogP contribution < -0.4 is 0 Å². The van der Waals surface area contributed by atoms with Crippen molar-refractivity contribution in [3.05, 3.63) is 0 Å². The van der Waals surface area contributed by atoms with Crippen LogP contribution in [0.3, 0.4) is 0 Å². The van der Waals surface area contributed by atoms with Gasteiger partial charge in [0.2, 0.25) is 4.52 Å². The van der Waals surface area contributed by atoms with Crippen LogP contribution in [0.25, 0.3) is 0 Å². The number of hydrogen-bond donors (Lipinski definition) is 3. The Morgan fingerprint density at radius 1 is 0.821 bits per heavy atom. The summed E-state index contributed by atoms with van der Waals surface area (Å²) in [6.07, 6.45) is 1.63. The normalized spacial score (nSPS) is 17.9. The third-order valence-electron chi connectivity index (χ3n) is 4.78. The summed E-state index contributed by atoms with van der Waals surface area (Å²) < 4.78 is 29.3. The van der Waals surface area contributed by atoms with Crippen LogP contribution in [-0.4, -0.2) is 42.7 Å². The van der Waals surface area contributed by atoms with Gasteiger partial charge in [-0.1, -0.05) is 30.1 Å². The van der Waals surface area contributed by atoms with E-state index in [0.29, 0.717) is 25.7 Å². The smallest absolute Gasteiger partial charge is 0.302 e. The average Bonchev–Trinajstić information content (AvgIpc) is 2.49. The Balaban J connectivity index is 6.30. The van der Waals surface area contributed by atoms with Crippen LogP contribution in [0.4, 0.5) is 0 Å². The fraction of sp³-hybridized carbons (Fsp3) is 1.00. The molecule has 170 valence electrons. The molecular formula is C13H24Cl6O7P2. The molecule has 0 aromatic carbocycles. The van der Waals surface area contributed by atoms with Gasteiger partial charge in [-0.25, -0.2) is 13.7 Å². The Kier molecular flexibility index (Phi) is 13.2. The van der Waals surface area contributed by atoms with Crippen molar-refractivity contribution in [1.82, 2.24) is 0 Å². The minimum absolute atomic E-state index is 0.184. The van der Waals surface area contributed by atoms with Gasteiger partial charge in [0, 0.05) is 28.9 Å². The number of hydrogen-bond acceptors (Lipinski definition) is 4. The van der Waals surface area contributed by atoms with E-state index in [1.54, 1.807) is 6.92 Å². The number of rotatable bonds is 15. The maximum atomic E-state index is 12.1. The van der Waals surface area contributed by atoms with E-state index in [-0.39, 0.29) is 29.9 Å². The number of halogens is 6. The zero-order valence-corrected chi connectivity index (χ0v) is 21.3. The number of alkyl halides is 6. The minimum Gasteiger partial charge on any atom is -0.302 e. The van der Waals surface area contributed by atoms with E-state index in [1.807, 2.05) is 0 Å². The summed E-state index contributed by atoms with van der Waals surface area (Å²) in [5.41, 5.74) is -2.14. The lowest BCUT2D eigenvalue weighted by Crippen LogP contribution is -2.53. The Bertz CT molecular complexity index is 559. The fourth-order valence-electron chi connectivity index (χ4n) is 3.28. The van der Waals surface area contributed by atoms with Gasteiger partial charge in [0.25, 0.3) is 0 Å². The molecule has 0 bridgehead atoms. The van der Waals surface area contributed by atoms with Crippen LogP contribution in [0.2, 0.25) is 0 Å². The quantitative estimate of drug-likeness (QED) is 0.159. The van der Waals surface area contributed by atoms with Crippen LogP contribution in [0.5, 0.6) is 0 Å². The third kappa shape index (κ3) is 8.50. The van der Waals surface area contributed by atoms with Crippen molar-refractivity contribution in [3.8, 4) is 0 Å². The highest BCUT2D eigenvalue weighted by molar-refractivity contribution is 7.60. The molecular weight excluding hydrogens is 543 g/mol. The van der Waals surface area contributed by atoms with Gasteiger partial charge < -0.3 is 14.7 Å². The van der Waals surface area contributed by atoms with E-state index in [1.165, 1.54) is 0 Å².